The third-order valence-electron chi connectivity index (χ3n) is 6.29. The summed E-state index contributed by atoms with van der Waals surface area (Å²) in [7, 11) is 1.79. The largest absolute Gasteiger partial charge is 0.343 e. The fourth-order valence-corrected chi connectivity index (χ4v) is 4.66. The fourth-order valence-electron chi connectivity index (χ4n) is 4.66. The Kier molecular flexibility index (Phi) is 5.39. The van der Waals surface area contributed by atoms with Crippen LogP contribution in [0, 0.1) is 0 Å². The van der Waals surface area contributed by atoms with Crippen molar-refractivity contribution in [3.63, 3.8) is 0 Å². The van der Waals surface area contributed by atoms with Crippen LogP contribution in [0.3, 0.4) is 0 Å². The van der Waals surface area contributed by atoms with Gasteiger partial charge in [-0.15, -0.1) is 0 Å². The molecule has 0 saturated heterocycles. The van der Waals surface area contributed by atoms with Gasteiger partial charge in [-0.25, -0.2) is 14.8 Å². The molecule has 1 aliphatic heterocycles. The fraction of sp³-hybridized carbons (Fsp3) is 0.320. The second kappa shape index (κ2) is 8.49. The summed E-state index contributed by atoms with van der Waals surface area (Å²) in [6.07, 6.45) is 6.25. The second-order valence-electron chi connectivity index (χ2n) is 8.31. The van der Waals surface area contributed by atoms with Crippen molar-refractivity contribution in [2.45, 2.75) is 38.6 Å². The van der Waals surface area contributed by atoms with Crippen LogP contribution in [-0.2, 0) is 0 Å². The van der Waals surface area contributed by atoms with Crippen LogP contribution >= 0.6 is 0 Å². The van der Waals surface area contributed by atoms with Crippen molar-refractivity contribution in [2.24, 2.45) is 0 Å². The van der Waals surface area contributed by atoms with Gasteiger partial charge in [-0.2, -0.15) is 4.98 Å². The lowest BCUT2D eigenvalue weighted by Crippen LogP contribution is -2.59. The number of amides is 2. The first-order valence-corrected chi connectivity index (χ1v) is 11.3. The molecule has 164 valence electrons. The Morgan fingerprint density at radius 1 is 1.03 bits per heavy atom. The maximum atomic E-state index is 13.0. The van der Waals surface area contributed by atoms with Crippen molar-refractivity contribution in [3.05, 3.63) is 60.8 Å². The molecule has 7 heteroatoms. The summed E-state index contributed by atoms with van der Waals surface area (Å²) >= 11 is 0. The Labute approximate surface area is 188 Å². The van der Waals surface area contributed by atoms with Gasteiger partial charge in [-0.1, -0.05) is 55.3 Å². The molecule has 0 spiro atoms. The zero-order valence-electron chi connectivity index (χ0n) is 18.5. The molecule has 1 N–H and O–H groups in total. The average Bonchev–Trinajstić information content (AvgIpc) is 3.36. The second-order valence-corrected chi connectivity index (χ2v) is 8.31. The third kappa shape index (κ3) is 3.64. The van der Waals surface area contributed by atoms with E-state index < -0.39 is 0 Å². The Bertz CT molecular complexity index is 1110. The zero-order chi connectivity index (χ0) is 22.1. The number of nitrogens with one attached hydrogen (secondary N) is 1. The topological polar surface area (TPSA) is 64.6 Å². The van der Waals surface area contributed by atoms with Crippen molar-refractivity contribution < 1.29 is 4.79 Å². The molecule has 2 aliphatic rings. The minimum absolute atomic E-state index is 0.0354. The van der Waals surface area contributed by atoms with Crippen LogP contribution < -0.4 is 15.2 Å². The number of fused-ring (bicyclic) bond motifs is 1. The molecule has 7 nitrogen and oxygen atoms in total. The highest BCUT2D eigenvalue weighted by atomic mass is 16.2. The smallest absolute Gasteiger partial charge is 0.324 e. The predicted molar refractivity (Wildman–Crippen MR) is 128 cm³/mol. The van der Waals surface area contributed by atoms with E-state index in [0.29, 0.717) is 12.5 Å². The summed E-state index contributed by atoms with van der Waals surface area (Å²) in [6.45, 7) is 2.61. The molecule has 2 amide bonds. The Morgan fingerprint density at radius 3 is 2.53 bits per heavy atom. The lowest BCUT2D eigenvalue weighted by atomic mass is 10.1. The van der Waals surface area contributed by atoms with Gasteiger partial charge in [0, 0.05) is 19.3 Å². The molecule has 2 aromatic carbocycles. The number of rotatable bonds is 5. The SMILES string of the molecule is CCN1C(=O)N(C)c2cnc(Nc3cccc(-c4ccccc4)c3)nc2N1C1CCCC1. The minimum atomic E-state index is -0.0354. The molecule has 5 rings (SSSR count). The van der Waals surface area contributed by atoms with Gasteiger partial charge in [0.1, 0.15) is 5.69 Å². The summed E-state index contributed by atoms with van der Waals surface area (Å²) < 4.78 is 0. The number of urea groups is 1. The number of hydrazine groups is 1. The summed E-state index contributed by atoms with van der Waals surface area (Å²) in [5.74, 6) is 1.31. The lowest BCUT2D eigenvalue weighted by Gasteiger charge is -2.45. The van der Waals surface area contributed by atoms with E-state index in [-0.39, 0.29) is 12.1 Å². The maximum absolute atomic E-state index is 13.0. The number of nitrogens with zero attached hydrogens (tertiary/aromatic N) is 5. The van der Waals surface area contributed by atoms with Crippen molar-refractivity contribution in [3.8, 4) is 11.1 Å². The number of hydrogen-bond acceptors (Lipinski definition) is 5. The molecular weight excluding hydrogens is 400 g/mol. The highest BCUT2D eigenvalue weighted by Crippen LogP contribution is 2.39. The lowest BCUT2D eigenvalue weighted by molar-refractivity contribution is 0.191. The monoisotopic (exact) mass is 428 g/mol. The standard InChI is InChI=1S/C25H28N6O/c1-3-30-25(32)29(2)22-17-26-24(28-23(22)31(30)21-14-7-8-15-21)27-20-13-9-12-19(16-20)18-10-5-4-6-11-18/h4-6,9-13,16-17,21H,3,7-8,14-15H2,1-2H3,(H,26,27,28). The van der Waals surface area contributed by atoms with Gasteiger partial charge in [-0.3, -0.25) is 9.91 Å². The zero-order valence-corrected chi connectivity index (χ0v) is 18.5. The van der Waals surface area contributed by atoms with Gasteiger partial charge in [-0.05, 0) is 43.0 Å². The van der Waals surface area contributed by atoms with Gasteiger partial charge >= 0.3 is 6.03 Å². The Morgan fingerprint density at radius 2 is 1.78 bits per heavy atom. The van der Waals surface area contributed by atoms with Crippen molar-refractivity contribution in [1.82, 2.24) is 15.0 Å². The van der Waals surface area contributed by atoms with E-state index in [9.17, 15) is 4.79 Å². The average molecular weight is 429 g/mol. The van der Waals surface area contributed by atoms with Crippen LogP contribution in [0.15, 0.2) is 60.8 Å². The molecular formula is C25H28N6O. The van der Waals surface area contributed by atoms with Crippen LogP contribution in [0.4, 0.5) is 27.9 Å². The number of aromatic nitrogens is 2. The normalized spacial score (nSPS) is 16.4. The molecule has 2 heterocycles. The molecule has 3 aromatic rings. The molecule has 0 atom stereocenters. The molecule has 0 radical (unpaired) electrons. The summed E-state index contributed by atoms with van der Waals surface area (Å²) in [5, 5.41) is 7.28. The number of carbonyl (C=O) groups is 1. The van der Waals surface area contributed by atoms with E-state index in [1.807, 2.05) is 42.3 Å². The van der Waals surface area contributed by atoms with E-state index in [1.54, 1.807) is 18.1 Å². The van der Waals surface area contributed by atoms with E-state index in [2.05, 4.69) is 39.6 Å². The van der Waals surface area contributed by atoms with Crippen molar-refractivity contribution in [1.29, 1.82) is 0 Å². The molecule has 0 unspecified atom stereocenters. The number of benzene rings is 2. The number of hydrogen-bond donors (Lipinski definition) is 1. The van der Waals surface area contributed by atoms with Crippen LogP contribution in [0.25, 0.3) is 11.1 Å². The van der Waals surface area contributed by atoms with Gasteiger partial charge in [0.15, 0.2) is 5.82 Å². The summed E-state index contributed by atoms with van der Waals surface area (Å²) in [5.41, 5.74) is 3.96. The first kappa shape index (κ1) is 20.3. The van der Waals surface area contributed by atoms with Gasteiger partial charge in [0.25, 0.3) is 0 Å². The quantitative estimate of drug-likeness (QED) is 0.586. The maximum Gasteiger partial charge on any atom is 0.343 e. The highest BCUT2D eigenvalue weighted by Gasteiger charge is 2.39. The van der Waals surface area contributed by atoms with Crippen LogP contribution in [0.5, 0.6) is 0 Å². The molecule has 32 heavy (non-hydrogen) atoms. The van der Waals surface area contributed by atoms with E-state index in [1.165, 1.54) is 12.8 Å². The molecule has 1 fully saturated rings. The highest BCUT2D eigenvalue weighted by molar-refractivity contribution is 5.98. The van der Waals surface area contributed by atoms with E-state index in [4.69, 9.17) is 4.98 Å². The predicted octanol–water partition coefficient (Wildman–Crippen LogP) is 5.44. The van der Waals surface area contributed by atoms with Gasteiger partial charge in [0.2, 0.25) is 5.95 Å². The van der Waals surface area contributed by atoms with Crippen molar-refractivity contribution in [2.75, 3.05) is 28.8 Å². The van der Waals surface area contributed by atoms with Gasteiger partial charge < -0.3 is 5.32 Å². The third-order valence-corrected chi connectivity index (χ3v) is 6.29. The molecule has 1 aliphatic carbocycles. The summed E-state index contributed by atoms with van der Waals surface area (Å²) in [4.78, 5) is 24.0. The van der Waals surface area contributed by atoms with E-state index in [0.717, 1.165) is 41.2 Å². The first-order chi connectivity index (χ1) is 15.7. The summed E-state index contributed by atoms with van der Waals surface area (Å²) in [6, 6.07) is 18.8. The first-order valence-electron chi connectivity index (χ1n) is 11.3. The van der Waals surface area contributed by atoms with Crippen LogP contribution in [-0.4, -0.2) is 40.6 Å². The molecule has 1 aromatic heterocycles. The minimum Gasteiger partial charge on any atom is -0.324 e. The Hall–Kier alpha value is -3.61. The number of carbonyl (C=O) groups excluding carboxylic acids is 1. The van der Waals surface area contributed by atoms with Crippen LogP contribution in [0.1, 0.15) is 32.6 Å². The van der Waals surface area contributed by atoms with Crippen LogP contribution in [0.2, 0.25) is 0 Å². The number of anilines is 4. The van der Waals surface area contributed by atoms with Gasteiger partial charge in [0.05, 0.1) is 12.2 Å². The molecule has 0 bridgehead atoms. The molecule has 1 saturated carbocycles. The Balaban J connectivity index is 1.49. The van der Waals surface area contributed by atoms with Crippen molar-refractivity contribution >= 4 is 29.2 Å². The van der Waals surface area contributed by atoms with E-state index >= 15 is 0 Å².